The fourth-order valence-electron chi connectivity index (χ4n) is 3.01. The number of nitrogens with zero attached hydrogens (tertiary/aromatic N) is 1. The van der Waals surface area contributed by atoms with Crippen LogP contribution in [0.3, 0.4) is 0 Å². The summed E-state index contributed by atoms with van der Waals surface area (Å²) in [7, 11) is -3.37. The first kappa shape index (κ1) is 17.7. The molecule has 0 aliphatic carbocycles. The summed E-state index contributed by atoms with van der Waals surface area (Å²) in [6.45, 7) is 4.27. The predicted molar refractivity (Wildman–Crippen MR) is 99.9 cm³/mol. The molecule has 0 unspecified atom stereocenters. The number of hydrogen-bond acceptors (Lipinski definition) is 3. The number of carbonyl (C=O) groups is 1. The van der Waals surface area contributed by atoms with Crippen LogP contribution in [0.15, 0.2) is 48.5 Å². The Bertz CT molecular complexity index is 873. The normalized spacial score (nSPS) is 14.4. The standard InChI is InChI=1S/C20H23NO3S/c1-15(2)25(23,24)14-20(22)21-11-10-17-8-9-18(12-19(17)13-21)16-6-4-3-5-7-16/h3-9,12,15H,10-11,13-14H2,1-2H3. The van der Waals surface area contributed by atoms with E-state index in [0.717, 1.165) is 23.1 Å². The summed E-state index contributed by atoms with van der Waals surface area (Å²) in [5, 5.41) is -0.529. The van der Waals surface area contributed by atoms with Crippen LogP contribution >= 0.6 is 0 Å². The number of benzene rings is 2. The predicted octanol–water partition coefficient (Wildman–Crippen LogP) is 3.06. The Kier molecular flexibility index (Phi) is 4.95. The molecule has 1 aliphatic rings. The average molecular weight is 357 g/mol. The third kappa shape index (κ3) is 3.93. The van der Waals surface area contributed by atoms with E-state index in [1.807, 2.05) is 18.2 Å². The van der Waals surface area contributed by atoms with E-state index in [-0.39, 0.29) is 5.91 Å². The molecule has 4 nitrogen and oxygen atoms in total. The van der Waals surface area contributed by atoms with Crippen LogP contribution in [0, 0.1) is 0 Å². The largest absolute Gasteiger partial charge is 0.337 e. The second-order valence-electron chi connectivity index (χ2n) is 6.77. The van der Waals surface area contributed by atoms with E-state index in [2.05, 4.69) is 30.3 Å². The molecule has 0 N–H and O–H groups in total. The average Bonchev–Trinajstić information content (AvgIpc) is 2.61. The van der Waals surface area contributed by atoms with Crippen molar-refractivity contribution in [3.63, 3.8) is 0 Å². The van der Waals surface area contributed by atoms with Gasteiger partial charge in [0.05, 0.1) is 5.25 Å². The first-order chi connectivity index (χ1) is 11.9. The van der Waals surface area contributed by atoms with Gasteiger partial charge in [-0.05, 0) is 48.6 Å². The molecule has 5 heteroatoms. The van der Waals surface area contributed by atoms with Crippen LogP contribution in [0.2, 0.25) is 0 Å². The first-order valence-corrected chi connectivity index (χ1v) is 10.2. The molecule has 1 aliphatic heterocycles. The number of sulfone groups is 1. The van der Waals surface area contributed by atoms with Crippen LogP contribution < -0.4 is 0 Å². The number of carbonyl (C=O) groups excluding carboxylic acids is 1. The number of rotatable bonds is 4. The monoisotopic (exact) mass is 357 g/mol. The van der Waals surface area contributed by atoms with Crippen molar-refractivity contribution in [2.45, 2.75) is 32.1 Å². The number of hydrogen-bond donors (Lipinski definition) is 0. The highest BCUT2D eigenvalue weighted by Crippen LogP contribution is 2.26. The second kappa shape index (κ2) is 7.00. The van der Waals surface area contributed by atoms with E-state index >= 15 is 0 Å². The highest BCUT2D eigenvalue weighted by molar-refractivity contribution is 7.92. The Morgan fingerprint density at radius 2 is 1.76 bits per heavy atom. The number of fused-ring (bicyclic) bond motifs is 1. The van der Waals surface area contributed by atoms with Gasteiger partial charge in [0.15, 0.2) is 9.84 Å². The molecule has 0 saturated carbocycles. The minimum absolute atomic E-state index is 0.301. The van der Waals surface area contributed by atoms with E-state index in [1.54, 1.807) is 18.7 Å². The highest BCUT2D eigenvalue weighted by Gasteiger charge is 2.27. The molecule has 25 heavy (non-hydrogen) atoms. The van der Waals surface area contributed by atoms with Crippen molar-refractivity contribution in [3.8, 4) is 11.1 Å². The summed E-state index contributed by atoms with van der Waals surface area (Å²) in [5.74, 6) is -0.706. The lowest BCUT2D eigenvalue weighted by molar-refractivity contribution is -0.129. The first-order valence-electron chi connectivity index (χ1n) is 8.53. The summed E-state index contributed by atoms with van der Waals surface area (Å²) < 4.78 is 24.0. The lowest BCUT2D eigenvalue weighted by Gasteiger charge is -2.29. The van der Waals surface area contributed by atoms with Crippen molar-refractivity contribution in [1.29, 1.82) is 0 Å². The van der Waals surface area contributed by atoms with Gasteiger partial charge in [0.1, 0.15) is 5.75 Å². The van der Waals surface area contributed by atoms with Gasteiger partial charge in [-0.2, -0.15) is 0 Å². The van der Waals surface area contributed by atoms with Gasteiger partial charge < -0.3 is 4.90 Å². The molecule has 0 saturated heterocycles. The Balaban J connectivity index is 1.80. The molecule has 0 fully saturated rings. The van der Waals surface area contributed by atoms with Crippen molar-refractivity contribution >= 4 is 15.7 Å². The maximum Gasteiger partial charge on any atom is 0.238 e. The van der Waals surface area contributed by atoms with Gasteiger partial charge in [-0.1, -0.05) is 42.5 Å². The van der Waals surface area contributed by atoms with Crippen molar-refractivity contribution < 1.29 is 13.2 Å². The van der Waals surface area contributed by atoms with E-state index in [1.165, 1.54) is 5.56 Å². The molecule has 3 rings (SSSR count). The van der Waals surface area contributed by atoms with E-state index in [9.17, 15) is 13.2 Å². The fourth-order valence-corrected chi connectivity index (χ4v) is 3.87. The van der Waals surface area contributed by atoms with Gasteiger partial charge in [0, 0.05) is 13.1 Å². The van der Waals surface area contributed by atoms with Crippen LogP contribution in [-0.2, 0) is 27.6 Å². The fraction of sp³-hybridized carbons (Fsp3) is 0.350. The third-order valence-corrected chi connectivity index (χ3v) is 6.81. The van der Waals surface area contributed by atoms with Crippen LogP contribution in [-0.4, -0.2) is 36.8 Å². The van der Waals surface area contributed by atoms with Crippen molar-refractivity contribution in [2.24, 2.45) is 0 Å². The van der Waals surface area contributed by atoms with Gasteiger partial charge in [0.25, 0.3) is 0 Å². The van der Waals surface area contributed by atoms with Gasteiger partial charge >= 0.3 is 0 Å². The van der Waals surface area contributed by atoms with Crippen molar-refractivity contribution in [2.75, 3.05) is 12.3 Å². The van der Waals surface area contributed by atoms with Crippen molar-refractivity contribution in [3.05, 3.63) is 59.7 Å². The zero-order valence-corrected chi connectivity index (χ0v) is 15.4. The molecule has 132 valence electrons. The maximum atomic E-state index is 12.4. The topological polar surface area (TPSA) is 54.5 Å². The zero-order chi connectivity index (χ0) is 18.0. The molecular formula is C20H23NO3S. The summed E-state index contributed by atoms with van der Waals surface area (Å²) >= 11 is 0. The minimum atomic E-state index is -3.37. The summed E-state index contributed by atoms with van der Waals surface area (Å²) in [4.78, 5) is 14.1. The Morgan fingerprint density at radius 1 is 1.04 bits per heavy atom. The minimum Gasteiger partial charge on any atom is -0.337 e. The molecule has 2 aromatic carbocycles. The molecule has 0 atom stereocenters. The molecule has 0 radical (unpaired) electrons. The van der Waals surface area contributed by atoms with Crippen LogP contribution in [0.25, 0.3) is 11.1 Å². The summed E-state index contributed by atoms with van der Waals surface area (Å²) in [6, 6.07) is 16.4. The van der Waals surface area contributed by atoms with Gasteiger partial charge in [0.2, 0.25) is 5.91 Å². The van der Waals surface area contributed by atoms with Crippen LogP contribution in [0.5, 0.6) is 0 Å². The molecule has 0 spiro atoms. The van der Waals surface area contributed by atoms with Crippen molar-refractivity contribution in [1.82, 2.24) is 4.90 Å². The van der Waals surface area contributed by atoms with Crippen LogP contribution in [0.1, 0.15) is 25.0 Å². The number of amides is 1. The lowest BCUT2D eigenvalue weighted by atomic mass is 9.95. The molecule has 1 amide bonds. The third-order valence-electron chi connectivity index (χ3n) is 4.72. The quantitative estimate of drug-likeness (QED) is 0.845. The molecule has 1 heterocycles. The van der Waals surface area contributed by atoms with E-state index in [4.69, 9.17) is 0 Å². The molecular weight excluding hydrogens is 334 g/mol. The zero-order valence-electron chi connectivity index (χ0n) is 14.6. The summed E-state index contributed by atoms with van der Waals surface area (Å²) in [5.41, 5.74) is 4.58. The Labute approximate surface area is 149 Å². The van der Waals surface area contributed by atoms with E-state index < -0.39 is 20.8 Å². The lowest BCUT2D eigenvalue weighted by Crippen LogP contribution is -2.40. The van der Waals surface area contributed by atoms with Crippen LogP contribution in [0.4, 0.5) is 0 Å². The Morgan fingerprint density at radius 3 is 2.44 bits per heavy atom. The van der Waals surface area contributed by atoms with Gasteiger partial charge in [-0.25, -0.2) is 8.42 Å². The molecule has 0 bridgehead atoms. The molecule has 2 aromatic rings. The smallest absolute Gasteiger partial charge is 0.238 e. The second-order valence-corrected chi connectivity index (χ2v) is 9.33. The maximum absolute atomic E-state index is 12.4. The summed E-state index contributed by atoms with van der Waals surface area (Å²) in [6.07, 6.45) is 0.762. The highest BCUT2D eigenvalue weighted by atomic mass is 32.2. The van der Waals surface area contributed by atoms with Gasteiger partial charge in [-0.3, -0.25) is 4.79 Å². The SMILES string of the molecule is CC(C)S(=O)(=O)CC(=O)N1CCc2ccc(-c3ccccc3)cc2C1. The molecule has 0 aromatic heterocycles. The van der Waals surface area contributed by atoms with E-state index in [0.29, 0.717) is 13.1 Å². The Hall–Kier alpha value is -2.14. The van der Waals surface area contributed by atoms with Gasteiger partial charge in [-0.15, -0.1) is 0 Å².